The minimum absolute atomic E-state index is 0.117. The summed E-state index contributed by atoms with van der Waals surface area (Å²) in [5.41, 5.74) is 3.50. The average molecular weight is 385 g/mol. The summed E-state index contributed by atoms with van der Waals surface area (Å²) >= 11 is 0. The molecule has 0 unspecified atom stereocenters. The number of anilines is 1. The highest BCUT2D eigenvalue weighted by molar-refractivity contribution is 5.94. The van der Waals surface area contributed by atoms with Crippen molar-refractivity contribution in [1.82, 2.24) is 10.4 Å². The third-order valence-electron chi connectivity index (χ3n) is 4.54. The van der Waals surface area contributed by atoms with E-state index < -0.39 is 5.91 Å². The predicted molar refractivity (Wildman–Crippen MR) is 103 cm³/mol. The maximum absolute atomic E-state index is 13.2. The van der Waals surface area contributed by atoms with Crippen molar-refractivity contribution in [3.05, 3.63) is 59.7 Å². The van der Waals surface area contributed by atoms with Crippen molar-refractivity contribution in [2.45, 2.75) is 6.54 Å². The second-order valence-corrected chi connectivity index (χ2v) is 6.31. The molecule has 8 heteroatoms. The molecule has 0 spiro atoms. The van der Waals surface area contributed by atoms with Gasteiger partial charge < -0.3 is 14.4 Å². The fourth-order valence-corrected chi connectivity index (χ4v) is 2.98. The molecule has 0 bridgehead atoms. The van der Waals surface area contributed by atoms with Crippen LogP contribution in [-0.4, -0.2) is 55.5 Å². The molecule has 1 heterocycles. The number of morpholine rings is 1. The fourth-order valence-electron chi connectivity index (χ4n) is 2.98. The second-order valence-electron chi connectivity index (χ2n) is 6.31. The molecule has 0 atom stereocenters. The summed E-state index contributed by atoms with van der Waals surface area (Å²) in [6.45, 7) is 2.43. The topological polar surface area (TPSA) is 91.3 Å². The van der Waals surface area contributed by atoms with Crippen LogP contribution in [0.4, 0.5) is 10.5 Å². The van der Waals surface area contributed by atoms with Crippen LogP contribution >= 0.6 is 0 Å². The third kappa shape index (κ3) is 4.59. The molecule has 1 fully saturated rings. The molecule has 0 aliphatic carbocycles. The van der Waals surface area contributed by atoms with Gasteiger partial charge >= 0.3 is 6.03 Å². The van der Waals surface area contributed by atoms with Crippen LogP contribution in [0.3, 0.4) is 0 Å². The van der Waals surface area contributed by atoms with E-state index in [0.717, 1.165) is 5.56 Å². The van der Waals surface area contributed by atoms with E-state index in [1.54, 1.807) is 46.7 Å². The number of ether oxygens (including phenoxy) is 2. The first kappa shape index (κ1) is 19.7. The van der Waals surface area contributed by atoms with Crippen LogP contribution in [0.2, 0.25) is 0 Å². The smallest absolute Gasteiger partial charge is 0.324 e. The van der Waals surface area contributed by atoms with Crippen molar-refractivity contribution < 1.29 is 24.3 Å². The lowest BCUT2D eigenvalue weighted by atomic mass is 10.1. The number of urea groups is 1. The van der Waals surface area contributed by atoms with Gasteiger partial charge in [0.2, 0.25) is 0 Å². The zero-order valence-corrected chi connectivity index (χ0v) is 15.6. The number of amides is 3. The van der Waals surface area contributed by atoms with Gasteiger partial charge in [0.05, 0.1) is 26.9 Å². The number of hydrogen-bond donors (Lipinski definition) is 2. The maximum Gasteiger partial charge on any atom is 0.324 e. The van der Waals surface area contributed by atoms with Crippen molar-refractivity contribution >= 4 is 17.6 Å². The number of hydroxylamine groups is 1. The van der Waals surface area contributed by atoms with E-state index in [1.807, 2.05) is 24.3 Å². The van der Waals surface area contributed by atoms with Crippen molar-refractivity contribution in [3.8, 4) is 5.75 Å². The molecule has 2 aromatic rings. The molecule has 1 saturated heterocycles. The monoisotopic (exact) mass is 385 g/mol. The molecule has 8 nitrogen and oxygen atoms in total. The lowest BCUT2D eigenvalue weighted by Gasteiger charge is -2.33. The van der Waals surface area contributed by atoms with Gasteiger partial charge in [-0.05, 0) is 29.8 Å². The molecule has 28 heavy (non-hydrogen) atoms. The Morgan fingerprint density at radius 1 is 1.18 bits per heavy atom. The number of carbonyl (C=O) groups is 2. The van der Waals surface area contributed by atoms with Gasteiger partial charge in [-0.25, -0.2) is 10.3 Å². The van der Waals surface area contributed by atoms with E-state index in [1.165, 1.54) is 0 Å². The Hall–Kier alpha value is -3.10. The Morgan fingerprint density at radius 2 is 1.89 bits per heavy atom. The highest BCUT2D eigenvalue weighted by atomic mass is 16.5. The van der Waals surface area contributed by atoms with Gasteiger partial charge in [0.15, 0.2) is 0 Å². The minimum atomic E-state index is -0.583. The van der Waals surface area contributed by atoms with E-state index in [-0.39, 0.29) is 6.03 Å². The molecule has 3 rings (SSSR count). The minimum Gasteiger partial charge on any atom is -0.497 e. The number of benzene rings is 2. The Balaban J connectivity index is 1.86. The van der Waals surface area contributed by atoms with Gasteiger partial charge in [-0.1, -0.05) is 18.2 Å². The molecule has 2 N–H and O–H groups in total. The molecule has 0 saturated carbocycles. The van der Waals surface area contributed by atoms with Crippen LogP contribution in [-0.2, 0) is 11.3 Å². The SMILES string of the molecule is COc1cccc(N(Cc2ccc(C(=O)NO)cc2)C(=O)N2CCOCC2)c1. The Labute approximate surface area is 163 Å². The molecule has 0 radical (unpaired) electrons. The Bertz CT molecular complexity index is 819. The zero-order chi connectivity index (χ0) is 19.9. The third-order valence-corrected chi connectivity index (χ3v) is 4.54. The highest BCUT2D eigenvalue weighted by Gasteiger charge is 2.24. The lowest BCUT2D eigenvalue weighted by molar-refractivity contribution is 0.0548. The summed E-state index contributed by atoms with van der Waals surface area (Å²) in [5, 5.41) is 8.74. The van der Waals surface area contributed by atoms with E-state index in [4.69, 9.17) is 14.7 Å². The first-order valence-corrected chi connectivity index (χ1v) is 8.94. The number of methoxy groups -OCH3 is 1. The zero-order valence-electron chi connectivity index (χ0n) is 15.6. The number of rotatable bonds is 5. The van der Waals surface area contributed by atoms with Gasteiger partial charge in [-0.3, -0.25) is 14.9 Å². The summed E-state index contributed by atoms with van der Waals surface area (Å²) in [7, 11) is 1.58. The van der Waals surface area contributed by atoms with Crippen molar-refractivity contribution in [1.29, 1.82) is 0 Å². The molecular formula is C20H23N3O5. The molecule has 1 aliphatic rings. The van der Waals surface area contributed by atoms with Crippen LogP contribution in [0.15, 0.2) is 48.5 Å². The van der Waals surface area contributed by atoms with Gasteiger partial charge in [0, 0.05) is 30.4 Å². The van der Waals surface area contributed by atoms with Crippen LogP contribution in [0.1, 0.15) is 15.9 Å². The summed E-state index contributed by atoms with van der Waals surface area (Å²) in [6.07, 6.45) is 0. The predicted octanol–water partition coefficient (Wildman–Crippen LogP) is 2.27. The van der Waals surface area contributed by atoms with Crippen LogP contribution in [0.5, 0.6) is 5.75 Å². The quantitative estimate of drug-likeness (QED) is 0.609. The fraction of sp³-hybridized carbons (Fsp3) is 0.300. The number of nitrogens with one attached hydrogen (secondary N) is 1. The van der Waals surface area contributed by atoms with Crippen molar-refractivity contribution in [3.63, 3.8) is 0 Å². The molecule has 148 valence electrons. The highest BCUT2D eigenvalue weighted by Crippen LogP contribution is 2.24. The lowest BCUT2D eigenvalue weighted by Crippen LogP contribution is -2.48. The number of nitrogens with zero attached hydrogens (tertiary/aromatic N) is 2. The van der Waals surface area contributed by atoms with Gasteiger partial charge in [0.1, 0.15) is 5.75 Å². The van der Waals surface area contributed by atoms with E-state index in [2.05, 4.69) is 0 Å². The second kappa shape index (κ2) is 9.20. The molecular weight excluding hydrogens is 362 g/mol. The average Bonchev–Trinajstić information content (AvgIpc) is 2.77. The van der Waals surface area contributed by atoms with Crippen molar-refractivity contribution in [2.75, 3.05) is 38.3 Å². The first-order chi connectivity index (χ1) is 13.6. The van der Waals surface area contributed by atoms with Crippen LogP contribution in [0.25, 0.3) is 0 Å². The van der Waals surface area contributed by atoms with Gasteiger partial charge in [-0.2, -0.15) is 0 Å². The van der Waals surface area contributed by atoms with Crippen LogP contribution < -0.4 is 15.1 Å². The largest absolute Gasteiger partial charge is 0.497 e. The van der Waals surface area contributed by atoms with Crippen molar-refractivity contribution in [2.24, 2.45) is 0 Å². The normalized spacial score (nSPS) is 13.7. The number of hydrogen-bond acceptors (Lipinski definition) is 5. The van der Waals surface area contributed by atoms with E-state index in [0.29, 0.717) is 49.8 Å². The molecule has 3 amide bonds. The van der Waals surface area contributed by atoms with Gasteiger partial charge in [0.25, 0.3) is 5.91 Å². The Morgan fingerprint density at radius 3 is 2.54 bits per heavy atom. The summed E-state index contributed by atoms with van der Waals surface area (Å²) in [5.74, 6) is 0.0767. The summed E-state index contributed by atoms with van der Waals surface area (Å²) in [4.78, 5) is 28.1. The maximum atomic E-state index is 13.2. The molecule has 2 aromatic carbocycles. The first-order valence-electron chi connectivity index (χ1n) is 8.94. The number of carbonyl (C=O) groups excluding carboxylic acids is 2. The van der Waals surface area contributed by atoms with E-state index in [9.17, 15) is 9.59 Å². The summed E-state index contributed by atoms with van der Waals surface area (Å²) in [6, 6.07) is 13.9. The Kier molecular flexibility index (Phi) is 6.46. The standard InChI is InChI=1S/C20H23N3O5/c1-27-18-4-2-3-17(13-18)23(20(25)22-9-11-28-12-10-22)14-15-5-7-16(8-6-15)19(24)21-26/h2-8,13,26H,9-12,14H2,1H3,(H,21,24). The van der Waals surface area contributed by atoms with E-state index >= 15 is 0 Å². The molecule has 1 aliphatic heterocycles. The van der Waals surface area contributed by atoms with Crippen LogP contribution in [0, 0.1) is 0 Å². The summed E-state index contributed by atoms with van der Waals surface area (Å²) < 4.78 is 10.6. The molecule has 0 aromatic heterocycles. The van der Waals surface area contributed by atoms with Gasteiger partial charge in [-0.15, -0.1) is 0 Å².